The van der Waals surface area contributed by atoms with Crippen LogP contribution in [-0.2, 0) is 17.8 Å². The van der Waals surface area contributed by atoms with E-state index in [0.29, 0.717) is 30.9 Å². The highest BCUT2D eigenvalue weighted by Crippen LogP contribution is 2.27. The minimum Gasteiger partial charge on any atom is -0.334 e. The molecule has 2 unspecified atom stereocenters. The Morgan fingerprint density at radius 3 is 3.19 bits per heavy atom. The molecule has 110 valence electrons. The molecule has 2 aliphatic rings. The lowest BCUT2D eigenvalue weighted by atomic mass is 10.1. The van der Waals surface area contributed by atoms with E-state index in [4.69, 9.17) is 5.26 Å². The van der Waals surface area contributed by atoms with E-state index in [1.165, 1.54) is 16.9 Å². The van der Waals surface area contributed by atoms with Crippen molar-refractivity contribution in [3.63, 3.8) is 0 Å². The molecule has 0 spiro atoms. The molecule has 1 saturated heterocycles. The Bertz CT molecular complexity index is 619. The zero-order chi connectivity index (χ0) is 14.8. The third kappa shape index (κ3) is 3.14. The van der Waals surface area contributed by atoms with Crippen molar-refractivity contribution in [2.75, 3.05) is 13.1 Å². The van der Waals surface area contributed by atoms with E-state index in [-0.39, 0.29) is 11.9 Å². The second-order valence-corrected chi connectivity index (χ2v) is 6.52. The molecule has 2 atom stereocenters. The Kier molecular flexibility index (Phi) is 4.04. The standard InChI is InChI=1S/C15H16FN3OS/c16-11-6-12(18-8-11)1-2-15(20)19-4-3-10-5-13(7-17)21-14(10)9-19/h1-2,5,11-12,18H,3-4,6,8-9H2/b2-1+. The van der Waals surface area contributed by atoms with Crippen molar-refractivity contribution >= 4 is 17.2 Å². The highest BCUT2D eigenvalue weighted by Gasteiger charge is 2.23. The molecule has 0 saturated carbocycles. The maximum absolute atomic E-state index is 13.0. The molecule has 1 N–H and O–H groups in total. The molecule has 1 aromatic heterocycles. The van der Waals surface area contributed by atoms with Gasteiger partial charge in [-0.05, 0) is 24.5 Å². The summed E-state index contributed by atoms with van der Waals surface area (Å²) in [6, 6.07) is 4.02. The Morgan fingerprint density at radius 2 is 2.48 bits per heavy atom. The average molecular weight is 305 g/mol. The average Bonchev–Trinajstić information content (AvgIpc) is 3.09. The van der Waals surface area contributed by atoms with Crippen LogP contribution in [0.2, 0.25) is 0 Å². The van der Waals surface area contributed by atoms with Gasteiger partial charge in [0.2, 0.25) is 5.91 Å². The van der Waals surface area contributed by atoms with Crippen LogP contribution in [0.3, 0.4) is 0 Å². The van der Waals surface area contributed by atoms with Gasteiger partial charge >= 0.3 is 0 Å². The van der Waals surface area contributed by atoms with Crippen molar-refractivity contribution in [1.82, 2.24) is 10.2 Å². The molecule has 4 nitrogen and oxygen atoms in total. The fourth-order valence-electron chi connectivity index (χ4n) is 2.73. The van der Waals surface area contributed by atoms with Crippen LogP contribution in [0.5, 0.6) is 0 Å². The number of nitrogens with zero attached hydrogens (tertiary/aromatic N) is 2. The Morgan fingerprint density at radius 1 is 1.62 bits per heavy atom. The minimum atomic E-state index is -0.817. The van der Waals surface area contributed by atoms with E-state index in [1.54, 1.807) is 17.1 Å². The molecule has 0 radical (unpaired) electrons. The first-order valence-corrected chi connectivity index (χ1v) is 7.83. The summed E-state index contributed by atoms with van der Waals surface area (Å²) < 4.78 is 13.0. The smallest absolute Gasteiger partial charge is 0.246 e. The number of carbonyl (C=O) groups excluding carboxylic acids is 1. The van der Waals surface area contributed by atoms with Gasteiger partial charge in [-0.15, -0.1) is 11.3 Å². The molecule has 0 aromatic carbocycles. The first-order chi connectivity index (χ1) is 10.2. The van der Waals surface area contributed by atoms with Crippen LogP contribution in [-0.4, -0.2) is 36.1 Å². The van der Waals surface area contributed by atoms with E-state index in [1.807, 2.05) is 6.07 Å². The summed E-state index contributed by atoms with van der Waals surface area (Å²) in [6.45, 7) is 1.60. The molecule has 1 fully saturated rings. The van der Waals surface area contributed by atoms with Gasteiger partial charge in [0.05, 0.1) is 6.54 Å². The first-order valence-electron chi connectivity index (χ1n) is 7.02. The Labute approximate surface area is 126 Å². The second kappa shape index (κ2) is 5.96. The van der Waals surface area contributed by atoms with Gasteiger partial charge in [0.25, 0.3) is 0 Å². The van der Waals surface area contributed by atoms with E-state index in [2.05, 4.69) is 11.4 Å². The van der Waals surface area contributed by atoms with Crippen LogP contribution >= 0.6 is 11.3 Å². The van der Waals surface area contributed by atoms with Crippen LogP contribution in [0.1, 0.15) is 21.7 Å². The number of halogens is 1. The highest BCUT2D eigenvalue weighted by atomic mass is 32.1. The summed E-state index contributed by atoms with van der Waals surface area (Å²) in [6.07, 6.45) is 3.71. The van der Waals surface area contributed by atoms with Gasteiger partial charge in [0.15, 0.2) is 0 Å². The van der Waals surface area contributed by atoms with Crippen LogP contribution in [0.15, 0.2) is 18.2 Å². The third-order valence-electron chi connectivity index (χ3n) is 3.89. The van der Waals surface area contributed by atoms with Gasteiger partial charge in [0.1, 0.15) is 17.1 Å². The van der Waals surface area contributed by atoms with Gasteiger partial charge < -0.3 is 10.2 Å². The number of rotatable bonds is 2. The van der Waals surface area contributed by atoms with E-state index < -0.39 is 6.17 Å². The number of hydrogen-bond acceptors (Lipinski definition) is 4. The molecular formula is C15H16FN3OS. The molecular weight excluding hydrogens is 289 g/mol. The fourth-order valence-corrected chi connectivity index (χ4v) is 3.76. The Hall–Kier alpha value is -1.71. The largest absolute Gasteiger partial charge is 0.334 e. The molecule has 0 bridgehead atoms. The molecule has 3 rings (SSSR count). The molecule has 3 heterocycles. The van der Waals surface area contributed by atoms with Gasteiger partial charge in [-0.1, -0.05) is 6.08 Å². The fraction of sp³-hybridized carbons (Fsp3) is 0.467. The maximum Gasteiger partial charge on any atom is 0.246 e. The van der Waals surface area contributed by atoms with Crippen molar-refractivity contribution in [2.45, 2.75) is 31.6 Å². The summed E-state index contributed by atoms with van der Waals surface area (Å²) in [5, 5.41) is 11.9. The molecule has 1 aromatic rings. The SMILES string of the molecule is N#Cc1cc2c(s1)CN(C(=O)/C=C/C1CC(F)CN1)CC2. The molecule has 1 amide bonds. The topological polar surface area (TPSA) is 56.1 Å². The lowest BCUT2D eigenvalue weighted by molar-refractivity contribution is -0.126. The number of nitriles is 1. The van der Waals surface area contributed by atoms with Gasteiger partial charge in [-0.2, -0.15) is 5.26 Å². The summed E-state index contributed by atoms with van der Waals surface area (Å²) in [7, 11) is 0. The molecule has 0 aliphatic carbocycles. The summed E-state index contributed by atoms with van der Waals surface area (Å²) in [5.41, 5.74) is 1.18. The van der Waals surface area contributed by atoms with Gasteiger partial charge in [-0.3, -0.25) is 4.79 Å². The second-order valence-electron chi connectivity index (χ2n) is 5.39. The maximum atomic E-state index is 13.0. The van der Waals surface area contributed by atoms with Crippen LogP contribution in [0.4, 0.5) is 4.39 Å². The summed E-state index contributed by atoms with van der Waals surface area (Å²) in [5.74, 6) is -0.0448. The predicted octanol–water partition coefficient (Wildman–Crippen LogP) is 1.76. The Balaban J connectivity index is 1.61. The van der Waals surface area contributed by atoms with E-state index in [9.17, 15) is 9.18 Å². The van der Waals surface area contributed by atoms with Crippen molar-refractivity contribution < 1.29 is 9.18 Å². The normalized spacial score (nSPS) is 25.0. The zero-order valence-corrected chi connectivity index (χ0v) is 12.3. The molecule has 6 heteroatoms. The zero-order valence-electron chi connectivity index (χ0n) is 11.5. The number of fused-ring (bicyclic) bond motifs is 1. The monoisotopic (exact) mass is 305 g/mol. The number of alkyl halides is 1. The van der Waals surface area contributed by atoms with Crippen LogP contribution in [0.25, 0.3) is 0 Å². The number of amides is 1. The van der Waals surface area contributed by atoms with Crippen molar-refractivity contribution in [2.24, 2.45) is 0 Å². The first kappa shape index (κ1) is 14.2. The van der Waals surface area contributed by atoms with E-state index >= 15 is 0 Å². The molecule has 2 aliphatic heterocycles. The quantitative estimate of drug-likeness (QED) is 0.847. The predicted molar refractivity (Wildman–Crippen MR) is 78.6 cm³/mol. The van der Waals surface area contributed by atoms with Crippen molar-refractivity contribution in [3.8, 4) is 6.07 Å². The number of carbonyl (C=O) groups is 1. The number of nitrogens with one attached hydrogen (secondary N) is 1. The van der Waals surface area contributed by atoms with Crippen LogP contribution < -0.4 is 5.32 Å². The summed E-state index contributed by atoms with van der Waals surface area (Å²) >= 11 is 1.46. The number of thiophene rings is 1. The van der Waals surface area contributed by atoms with E-state index in [0.717, 1.165) is 11.3 Å². The minimum absolute atomic E-state index is 0.0448. The van der Waals surface area contributed by atoms with Gasteiger partial charge in [-0.25, -0.2) is 4.39 Å². The third-order valence-corrected chi connectivity index (χ3v) is 4.95. The van der Waals surface area contributed by atoms with Crippen LogP contribution in [0, 0.1) is 11.3 Å². The lowest BCUT2D eigenvalue weighted by Crippen LogP contribution is -2.34. The van der Waals surface area contributed by atoms with Gasteiger partial charge in [0, 0.05) is 30.1 Å². The lowest BCUT2D eigenvalue weighted by Gasteiger charge is -2.25. The van der Waals surface area contributed by atoms with Crippen molar-refractivity contribution in [1.29, 1.82) is 5.26 Å². The number of hydrogen-bond donors (Lipinski definition) is 1. The van der Waals surface area contributed by atoms with Crippen molar-refractivity contribution in [3.05, 3.63) is 33.5 Å². The highest BCUT2D eigenvalue weighted by molar-refractivity contribution is 7.12. The summed E-state index contributed by atoms with van der Waals surface area (Å²) in [4.78, 5) is 15.8. The molecule has 21 heavy (non-hydrogen) atoms.